The van der Waals surface area contributed by atoms with Crippen LogP contribution in [0.3, 0.4) is 0 Å². The van der Waals surface area contributed by atoms with E-state index in [0.29, 0.717) is 17.7 Å². The molecule has 88 valence electrons. The molecule has 0 saturated carbocycles. The molecule has 1 saturated heterocycles. The van der Waals surface area contributed by atoms with Crippen molar-refractivity contribution in [2.24, 2.45) is 0 Å². The van der Waals surface area contributed by atoms with Crippen LogP contribution in [-0.2, 0) is 4.74 Å². The Morgan fingerprint density at radius 1 is 1.62 bits per heavy atom. The van der Waals surface area contributed by atoms with Crippen molar-refractivity contribution in [3.05, 3.63) is 6.33 Å². The SMILES string of the molecule is COc1c(N)ncnc1SCC1CCCO1. The summed E-state index contributed by atoms with van der Waals surface area (Å²) in [5, 5.41) is 0.783. The van der Waals surface area contributed by atoms with Gasteiger partial charge in [-0.3, -0.25) is 0 Å². The monoisotopic (exact) mass is 241 g/mol. The number of ether oxygens (including phenoxy) is 2. The lowest BCUT2D eigenvalue weighted by atomic mass is 10.3. The molecule has 0 radical (unpaired) electrons. The number of anilines is 1. The summed E-state index contributed by atoms with van der Waals surface area (Å²) in [4.78, 5) is 8.05. The third kappa shape index (κ3) is 2.56. The Hall–Kier alpha value is -1.01. The third-order valence-electron chi connectivity index (χ3n) is 2.43. The molecule has 0 spiro atoms. The fourth-order valence-corrected chi connectivity index (χ4v) is 2.66. The van der Waals surface area contributed by atoms with Crippen molar-refractivity contribution in [3.8, 4) is 5.75 Å². The quantitative estimate of drug-likeness (QED) is 0.633. The van der Waals surface area contributed by atoms with Crippen LogP contribution in [0.4, 0.5) is 5.82 Å². The van der Waals surface area contributed by atoms with Gasteiger partial charge in [-0.1, -0.05) is 11.8 Å². The average Bonchev–Trinajstić information content (AvgIpc) is 2.79. The highest BCUT2D eigenvalue weighted by Gasteiger charge is 2.18. The van der Waals surface area contributed by atoms with E-state index in [1.54, 1.807) is 18.9 Å². The van der Waals surface area contributed by atoms with Crippen LogP contribution in [0, 0.1) is 0 Å². The minimum Gasteiger partial charge on any atom is -0.490 e. The van der Waals surface area contributed by atoms with Crippen LogP contribution in [0.25, 0.3) is 0 Å². The van der Waals surface area contributed by atoms with Crippen molar-refractivity contribution in [1.82, 2.24) is 9.97 Å². The summed E-state index contributed by atoms with van der Waals surface area (Å²) < 4.78 is 10.7. The van der Waals surface area contributed by atoms with Gasteiger partial charge in [-0.05, 0) is 12.8 Å². The number of nitrogens with zero attached hydrogens (tertiary/aromatic N) is 2. The van der Waals surface area contributed by atoms with Crippen LogP contribution in [0.2, 0.25) is 0 Å². The fourth-order valence-electron chi connectivity index (χ4n) is 1.61. The molecular formula is C10H15N3O2S. The summed E-state index contributed by atoms with van der Waals surface area (Å²) in [6, 6.07) is 0. The standard InChI is InChI=1S/C10H15N3O2S/c1-14-8-9(11)12-6-13-10(8)16-5-7-3-2-4-15-7/h6-7H,2-5H2,1H3,(H2,11,12,13). The molecule has 1 aliphatic rings. The molecule has 0 aromatic carbocycles. The minimum absolute atomic E-state index is 0.325. The minimum atomic E-state index is 0.325. The van der Waals surface area contributed by atoms with Gasteiger partial charge in [0.2, 0.25) is 0 Å². The molecule has 2 rings (SSSR count). The first-order valence-corrected chi connectivity index (χ1v) is 6.18. The summed E-state index contributed by atoms with van der Waals surface area (Å²) in [5.41, 5.74) is 5.69. The highest BCUT2D eigenvalue weighted by molar-refractivity contribution is 7.99. The second kappa shape index (κ2) is 5.36. The molecule has 5 nitrogen and oxygen atoms in total. The van der Waals surface area contributed by atoms with E-state index >= 15 is 0 Å². The van der Waals surface area contributed by atoms with Crippen LogP contribution in [0.5, 0.6) is 5.75 Å². The summed E-state index contributed by atoms with van der Waals surface area (Å²) in [6.07, 6.45) is 4.05. The van der Waals surface area contributed by atoms with E-state index in [1.807, 2.05) is 0 Å². The molecule has 6 heteroatoms. The first-order valence-electron chi connectivity index (χ1n) is 5.20. The lowest BCUT2D eigenvalue weighted by molar-refractivity contribution is 0.129. The molecule has 0 amide bonds. The molecule has 0 aliphatic carbocycles. The summed E-state index contributed by atoms with van der Waals surface area (Å²) >= 11 is 1.60. The molecule has 1 aromatic heterocycles. The van der Waals surface area contributed by atoms with Gasteiger partial charge in [0.15, 0.2) is 11.6 Å². The Morgan fingerprint density at radius 3 is 3.19 bits per heavy atom. The number of aromatic nitrogens is 2. The zero-order valence-corrected chi connectivity index (χ0v) is 10.00. The number of nitrogen functional groups attached to an aromatic ring is 1. The van der Waals surface area contributed by atoms with Crippen molar-refractivity contribution >= 4 is 17.6 Å². The van der Waals surface area contributed by atoms with Crippen molar-refractivity contribution in [1.29, 1.82) is 0 Å². The van der Waals surface area contributed by atoms with E-state index in [4.69, 9.17) is 15.2 Å². The van der Waals surface area contributed by atoms with Gasteiger partial charge in [-0.2, -0.15) is 0 Å². The van der Waals surface area contributed by atoms with E-state index in [2.05, 4.69) is 9.97 Å². The van der Waals surface area contributed by atoms with Crippen molar-refractivity contribution < 1.29 is 9.47 Å². The van der Waals surface area contributed by atoms with E-state index < -0.39 is 0 Å². The molecule has 1 aromatic rings. The molecule has 1 unspecified atom stereocenters. The second-order valence-corrected chi connectivity index (χ2v) is 4.55. The third-order valence-corrected chi connectivity index (χ3v) is 3.54. The molecule has 2 N–H and O–H groups in total. The number of hydrogen-bond acceptors (Lipinski definition) is 6. The Labute approximate surface area is 98.7 Å². The number of methoxy groups -OCH3 is 1. The molecule has 1 aliphatic heterocycles. The number of rotatable bonds is 4. The first-order chi connectivity index (χ1) is 7.81. The zero-order chi connectivity index (χ0) is 11.4. The van der Waals surface area contributed by atoms with Crippen LogP contribution in [-0.4, -0.2) is 35.5 Å². The van der Waals surface area contributed by atoms with Crippen molar-refractivity contribution in [3.63, 3.8) is 0 Å². The summed E-state index contributed by atoms with van der Waals surface area (Å²) in [6.45, 7) is 0.869. The molecular weight excluding hydrogens is 226 g/mol. The Bertz CT molecular complexity index is 356. The number of thioether (sulfide) groups is 1. The highest BCUT2D eigenvalue weighted by Crippen LogP contribution is 2.32. The molecule has 16 heavy (non-hydrogen) atoms. The second-order valence-electron chi connectivity index (χ2n) is 3.54. The normalized spacial score (nSPS) is 19.9. The van der Waals surface area contributed by atoms with E-state index in [-0.39, 0.29) is 0 Å². The van der Waals surface area contributed by atoms with Gasteiger partial charge in [0.1, 0.15) is 11.4 Å². The van der Waals surface area contributed by atoms with Crippen LogP contribution < -0.4 is 10.5 Å². The lowest BCUT2D eigenvalue weighted by Gasteiger charge is -2.11. The van der Waals surface area contributed by atoms with E-state index in [0.717, 1.165) is 30.2 Å². The van der Waals surface area contributed by atoms with Crippen LogP contribution in [0.15, 0.2) is 11.4 Å². The molecule has 2 heterocycles. The van der Waals surface area contributed by atoms with Crippen molar-refractivity contribution in [2.45, 2.75) is 24.0 Å². The Balaban J connectivity index is 2.00. The van der Waals surface area contributed by atoms with E-state index in [9.17, 15) is 0 Å². The van der Waals surface area contributed by atoms with Gasteiger partial charge in [-0.15, -0.1) is 0 Å². The van der Waals surface area contributed by atoms with Gasteiger partial charge in [0.25, 0.3) is 0 Å². The lowest BCUT2D eigenvalue weighted by Crippen LogP contribution is -2.08. The fraction of sp³-hybridized carbons (Fsp3) is 0.600. The maximum Gasteiger partial charge on any atom is 0.193 e. The first kappa shape index (κ1) is 11.5. The maximum atomic E-state index is 5.69. The van der Waals surface area contributed by atoms with Gasteiger partial charge >= 0.3 is 0 Å². The van der Waals surface area contributed by atoms with Crippen LogP contribution >= 0.6 is 11.8 Å². The highest BCUT2D eigenvalue weighted by atomic mass is 32.2. The zero-order valence-electron chi connectivity index (χ0n) is 9.18. The van der Waals surface area contributed by atoms with Gasteiger partial charge < -0.3 is 15.2 Å². The van der Waals surface area contributed by atoms with Gasteiger partial charge in [0, 0.05) is 12.4 Å². The summed E-state index contributed by atoms with van der Waals surface area (Å²) in [5.74, 6) is 1.82. The average molecular weight is 241 g/mol. The predicted octanol–water partition coefficient (Wildman–Crippen LogP) is 1.34. The number of nitrogens with two attached hydrogens (primary N) is 1. The summed E-state index contributed by atoms with van der Waals surface area (Å²) in [7, 11) is 1.57. The maximum absolute atomic E-state index is 5.69. The van der Waals surface area contributed by atoms with E-state index in [1.165, 1.54) is 6.33 Å². The predicted molar refractivity (Wildman–Crippen MR) is 62.7 cm³/mol. The van der Waals surface area contributed by atoms with Crippen LogP contribution in [0.1, 0.15) is 12.8 Å². The van der Waals surface area contributed by atoms with Gasteiger partial charge in [0.05, 0.1) is 13.2 Å². The largest absolute Gasteiger partial charge is 0.490 e. The Morgan fingerprint density at radius 2 is 2.50 bits per heavy atom. The Kier molecular flexibility index (Phi) is 3.84. The molecule has 1 atom stereocenters. The molecule has 0 bridgehead atoms. The topological polar surface area (TPSA) is 70.3 Å². The smallest absolute Gasteiger partial charge is 0.193 e. The molecule has 1 fully saturated rings. The van der Waals surface area contributed by atoms with Crippen molar-refractivity contribution in [2.75, 3.05) is 25.2 Å². The number of hydrogen-bond donors (Lipinski definition) is 1. The van der Waals surface area contributed by atoms with Gasteiger partial charge in [-0.25, -0.2) is 9.97 Å².